The lowest BCUT2D eigenvalue weighted by molar-refractivity contribution is 0.575. The van der Waals surface area contributed by atoms with E-state index < -0.39 is 10.8 Å². The van der Waals surface area contributed by atoms with Crippen LogP contribution < -0.4 is 5.32 Å². The van der Waals surface area contributed by atoms with Crippen LogP contribution in [0.2, 0.25) is 0 Å². The predicted molar refractivity (Wildman–Crippen MR) is 60.4 cm³/mol. The van der Waals surface area contributed by atoms with E-state index in [9.17, 15) is 4.21 Å². The minimum Gasteiger partial charge on any atom is -0.316 e. The highest BCUT2D eigenvalue weighted by Gasteiger charge is 2.16. The Bertz CT molecular complexity index is 159. The Kier molecular flexibility index (Phi) is 6.60. The molecule has 0 aromatic heterocycles. The number of hydrogen-bond donors (Lipinski definition) is 1. The molecule has 0 fully saturated rings. The number of nitrogens with one attached hydrogen (secondary N) is 1. The fourth-order valence-corrected chi connectivity index (χ4v) is 2.67. The molecule has 0 rings (SSSR count). The first kappa shape index (κ1) is 13.1. The van der Waals surface area contributed by atoms with Crippen LogP contribution in [-0.2, 0) is 10.8 Å². The summed E-state index contributed by atoms with van der Waals surface area (Å²) in [6.07, 6.45) is 1.06. The minimum atomic E-state index is -0.678. The standard InChI is InChI=1S/C10H23NOS/c1-8(2)6-7-13(12)10(4)9(3)11-5/h8-11H,6-7H2,1-5H3. The van der Waals surface area contributed by atoms with Crippen molar-refractivity contribution in [2.24, 2.45) is 5.92 Å². The van der Waals surface area contributed by atoms with Crippen LogP contribution in [0.5, 0.6) is 0 Å². The molecule has 3 unspecified atom stereocenters. The molecular formula is C10H23NOS. The van der Waals surface area contributed by atoms with Crippen LogP contribution in [0.25, 0.3) is 0 Å². The van der Waals surface area contributed by atoms with E-state index in [1.54, 1.807) is 0 Å². The van der Waals surface area contributed by atoms with E-state index in [1.807, 2.05) is 7.05 Å². The molecule has 0 aliphatic heterocycles. The van der Waals surface area contributed by atoms with Crippen molar-refractivity contribution in [3.63, 3.8) is 0 Å². The van der Waals surface area contributed by atoms with Crippen LogP contribution in [-0.4, -0.2) is 28.3 Å². The highest BCUT2D eigenvalue weighted by Crippen LogP contribution is 2.07. The Morgan fingerprint density at radius 2 is 1.77 bits per heavy atom. The first-order valence-corrected chi connectivity index (χ1v) is 6.41. The third kappa shape index (κ3) is 5.42. The van der Waals surface area contributed by atoms with Crippen LogP contribution in [0.3, 0.4) is 0 Å². The molecule has 0 saturated carbocycles. The zero-order valence-corrected chi connectivity index (χ0v) is 10.3. The van der Waals surface area contributed by atoms with Gasteiger partial charge in [0.1, 0.15) is 0 Å². The molecule has 80 valence electrons. The molecule has 0 aromatic carbocycles. The second-order valence-electron chi connectivity index (χ2n) is 4.05. The number of hydrogen-bond acceptors (Lipinski definition) is 2. The van der Waals surface area contributed by atoms with Gasteiger partial charge >= 0.3 is 0 Å². The summed E-state index contributed by atoms with van der Waals surface area (Å²) in [6.45, 7) is 8.47. The molecule has 0 saturated heterocycles. The second-order valence-corrected chi connectivity index (χ2v) is 5.96. The van der Waals surface area contributed by atoms with Crippen molar-refractivity contribution >= 4 is 10.8 Å². The summed E-state index contributed by atoms with van der Waals surface area (Å²) in [4.78, 5) is 0. The molecule has 0 radical (unpaired) electrons. The fourth-order valence-electron chi connectivity index (χ4n) is 1.00. The smallest absolute Gasteiger partial charge is 0.0470 e. The van der Waals surface area contributed by atoms with Gasteiger partial charge in [-0.1, -0.05) is 13.8 Å². The van der Waals surface area contributed by atoms with Crippen molar-refractivity contribution in [1.82, 2.24) is 5.32 Å². The maximum Gasteiger partial charge on any atom is 0.0470 e. The van der Waals surface area contributed by atoms with Crippen molar-refractivity contribution in [2.75, 3.05) is 12.8 Å². The van der Waals surface area contributed by atoms with Crippen molar-refractivity contribution in [1.29, 1.82) is 0 Å². The monoisotopic (exact) mass is 205 g/mol. The highest BCUT2D eigenvalue weighted by atomic mass is 32.2. The fraction of sp³-hybridized carbons (Fsp3) is 1.00. The van der Waals surface area contributed by atoms with Gasteiger partial charge in [-0.25, -0.2) is 0 Å². The van der Waals surface area contributed by atoms with Crippen LogP contribution >= 0.6 is 0 Å². The van der Waals surface area contributed by atoms with E-state index in [-0.39, 0.29) is 5.25 Å². The zero-order chi connectivity index (χ0) is 10.4. The SMILES string of the molecule is CNC(C)C(C)S(=O)CCC(C)C. The van der Waals surface area contributed by atoms with Crippen LogP contribution in [0.15, 0.2) is 0 Å². The first-order chi connectivity index (χ1) is 5.99. The molecule has 2 nitrogen and oxygen atoms in total. The van der Waals surface area contributed by atoms with Crippen molar-refractivity contribution in [3.05, 3.63) is 0 Å². The van der Waals surface area contributed by atoms with E-state index in [1.165, 1.54) is 0 Å². The first-order valence-electron chi connectivity index (χ1n) is 5.03. The van der Waals surface area contributed by atoms with Gasteiger partial charge in [-0.3, -0.25) is 4.21 Å². The van der Waals surface area contributed by atoms with Crippen molar-refractivity contribution in [2.45, 2.75) is 45.4 Å². The van der Waals surface area contributed by atoms with Crippen LogP contribution in [0.4, 0.5) is 0 Å². The van der Waals surface area contributed by atoms with Crippen LogP contribution in [0, 0.1) is 5.92 Å². The lowest BCUT2D eigenvalue weighted by Crippen LogP contribution is -2.36. The van der Waals surface area contributed by atoms with Gasteiger partial charge in [0.15, 0.2) is 0 Å². The Hall–Kier alpha value is 0.110. The molecule has 0 aromatic rings. The maximum atomic E-state index is 11.7. The van der Waals surface area contributed by atoms with Gasteiger partial charge in [0.05, 0.1) is 0 Å². The van der Waals surface area contributed by atoms with Gasteiger partial charge in [-0.05, 0) is 33.2 Å². The van der Waals surface area contributed by atoms with Crippen molar-refractivity contribution in [3.8, 4) is 0 Å². The summed E-state index contributed by atoms with van der Waals surface area (Å²) in [6, 6.07) is 0.341. The zero-order valence-electron chi connectivity index (χ0n) is 9.46. The van der Waals surface area contributed by atoms with Gasteiger partial charge in [0.25, 0.3) is 0 Å². The summed E-state index contributed by atoms with van der Waals surface area (Å²) in [5.41, 5.74) is 0. The lowest BCUT2D eigenvalue weighted by atomic mass is 10.2. The molecule has 0 heterocycles. The summed E-state index contributed by atoms with van der Waals surface area (Å²) >= 11 is 0. The quantitative estimate of drug-likeness (QED) is 0.716. The topological polar surface area (TPSA) is 29.1 Å². The molecular weight excluding hydrogens is 182 g/mol. The van der Waals surface area contributed by atoms with Crippen molar-refractivity contribution < 1.29 is 4.21 Å². The largest absolute Gasteiger partial charge is 0.316 e. The Morgan fingerprint density at radius 1 is 1.23 bits per heavy atom. The van der Waals surface area contributed by atoms with E-state index >= 15 is 0 Å². The van der Waals surface area contributed by atoms with E-state index in [4.69, 9.17) is 0 Å². The molecule has 0 amide bonds. The predicted octanol–water partition coefficient (Wildman–Crippen LogP) is 1.78. The van der Waals surface area contributed by atoms with Gasteiger partial charge in [0, 0.05) is 27.8 Å². The Morgan fingerprint density at radius 3 is 2.15 bits per heavy atom. The summed E-state index contributed by atoms with van der Waals surface area (Å²) in [5.74, 6) is 1.49. The normalized spacial score (nSPS) is 18.6. The summed E-state index contributed by atoms with van der Waals surface area (Å²) in [5, 5.41) is 3.39. The third-order valence-corrected chi connectivity index (χ3v) is 4.35. The molecule has 0 bridgehead atoms. The van der Waals surface area contributed by atoms with Gasteiger partial charge in [-0.15, -0.1) is 0 Å². The third-order valence-electron chi connectivity index (χ3n) is 2.47. The van der Waals surface area contributed by atoms with Gasteiger partial charge in [-0.2, -0.15) is 0 Å². The summed E-state index contributed by atoms with van der Waals surface area (Å²) in [7, 11) is 1.24. The van der Waals surface area contributed by atoms with Crippen LogP contribution in [0.1, 0.15) is 34.1 Å². The highest BCUT2D eigenvalue weighted by molar-refractivity contribution is 7.85. The minimum absolute atomic E-state index is 0.253. The second kappa shape index (κ2) is 6.55. The van der Waals surface area contributed by atoms with E-state index in [2.05, 4.69) is 33.0 Å². The molecule has 1 N–H and O–H groups in total. The molecule has 3 heteroatoms. The molecule has 3 atom stereocenters. The molecule has 0 aliphatic rings. The number of rotatable bonds is 6. The molecule has 0 spiro atoms. The average molecular weight is 205 g/mol. The van der Waals surface area contributed by atoms with Gasteiger partial charge < -0.3 is 5.32 Å². The molecule has 13 heavy (non-hydrogen) atoms. The maximum absolute atomic E-state index is 11.7. The Balaban J connectivity index is 3.82. The van der Waals surface area contributed by atoms with E-state index in [0.717, 1.165) is 12.2 Å². The molecule has 0 aliphatic carbocycles. The van der Waals surface area contributed by atoms with Gasteiger partial charge in [0.2, 0.25) is 0 Å². The summed E-state index contributed by atoms with van der Waals surface area (Å²) < 4.78 is 11.7. The lowest BCUT2D eigenvalue weighted by Gasteiger charge is -2.19. The average Bonchev–Trinajstić information content (AvgIpc) is 2.11. The van der Waals surface area contributed by atoms with E-state index in [0.29, 0.717) is 12.0 Å². The Labute approximate surface area is 84.9 Å².